The van der Waals surface area contributed by atoms with Crippen LogP contribution in [0.15, 0.2) is 34.8 Å². The molecule has 0 radical (unpaired) electrons. The predicted octanol–water partition coefficient (Wildman–Crippen LogP) is 4.46. The Bertz CT molecular complexity index is 505. The highest BCUT2D eigenvalue weighted by atomic mass is 79.9. The molecular weight excluding hydrogens is 294 g/mol. The van der Waals surface area contributed by atoms with Crippen LogP contribution in [0.3, 0.4) is 0 Å². The van der Waals surface area contributed by atoms with Crippen molar-refractivity contribution in [3.63, 3.8) is 0 Å². The molecule has 3 heteroatoms. The van der Waals surface area contributed by atoms with Gasteiger partial charge in [-0.2, -0.15) is 0 Å². The van der Waals surface area contributed by atoms with Crippen LogP contribution in [0.5, 0.6) is 0 Å². The first-order chi connectivity index (χ1) is 8.24. The van der Waals surface area contributed by atoms with Gasteiger partial charge in [0.25, 0.3) is 0 Å². The molecule has 0 fully saturated rings. The molecule has 2 aromatic rings. The van der Waals surface area contributed by atoms with Gasteiger partial charge in [0.1, 0.15) is 0 Å². The van der Waals surface area contributed by atoms with Gasteiger partial charge >= 0.3 is 0 Å². The Labute approximate surface area is 115 Å². The molecule has 1 nitrogen and oxygen atoms in total. The zero-order chi connectivity index (χ0) is 12.3. The highest BCUT2D eigenvalue weighted by Crippen LogP contribution is 2.32. The number of halogens is 1. The van der Waals surface area contributed by atoms with Crippen molar-refractivity contribution in [3.05, 3.63) is 45.2 Å². The fraction of sp³-hybridized carbons (Fsp3) is 0.286. The second-order valence-corrected chi connectivity index (χ2v) is 6.04. The van der Waals surface area contributed by atoms with E-state index in [1.54, 1.807) is 0 Å². The van der Waals surface area contributed by atoms with E-state index in [-0.39, 0.29) is 0 Å². The van der Waals surface area contributed by atoms with Crippen LogP contribution >= 0.6 is 27.3 Å². The van der Waals surface area contributed by atoms with Gasteiger partial charge in [-0.15, -0.1) is 11.3 Å². The van der Waals surface area contributed by atoms with Crippen LogP contribution in [0, 0.1) is 0 Å². The smallest absolute Gasteiger partial charge is 0.0348 e. The Morgan fingerprint density at radius 3 is 2.76 bits per heavy atom. The molecule has 0 amide bonds. The third-order valence-corrected chi connectivity index (χ3v) is 4.34. The minimum absolute atomic E-state index is 0.947. The summed E-state index contributed by atoms with van der Waals surface area (Å²) in [6, 6.07) is 11.0. The highest BCUT2D eigenvalue weighted by Gasteiger charge is 2.07. The van der Waals surface area contributed by atoms with E-state index in [4.69, 9.17) is 0 Å². The molecule has 0 aliphatic heterocycles. The van der Waals surface area contributed by atoms with Gasteiger partial charge in [0.15, 0.2) is 0 Å². The molecule has 0 atom stereocenters. The topological polar surface area (TPSA) is 12.0 Å². The predicted molar refractivity (Wildman–Crippen MR) is 79.6 cm³/mol. The quantitative estimate of drug-likeness (QED) is 0.879. The maximum absolute atomic E-state index is 3.53. The third-order valence-electron chi connectivity index (χ3n) is 2.73. The van der Waals surface area contributed by atoms with Gasteiger partial charge in [-0.3, -0.25) is 0 Å². The number of nitrogens with one attached hydrogen (secondary N) is 1. The monoisotopic (exact) mass is 309 g/mol. The Kier molecular flexibility index (Phi) is 4.37. The summed E-state index contributed by atoms with van der Waals surface area (Å²) in [6.07, 6.45) is 1.06. The lowest BCUT2D eigenvalue weighted by Crippen LogP contribution is -2.02. The second-order valence-electron chi connectivity index (χ2n) is 3.95. The van der Waals surface area contributed by atoms with Gasteiger partial charge in [-0.1, -0.05) is 28.9 Å². The summed E-state index contributed by atoms with van der Waals surface area (Å²) in [5.41, 5.74) is 2.76. The molecule has 17 heavy (non-hydrogen) atoms. The number of hydrogen-bond acceptors (Lipinski definition) is 2. The molecule has 90 valence electrons. The van der Waals surface area contributed by atoms with Crippen LogP contribution in [0.4, 0.5) is 0 Å². The second kappa shape index (κ2) is 5.80. The number of benzene rings is 1. The fourth-order valence-corrected chi connectivity index (χ4v) is 3.38. The van der Waals surface area contributed by atoms with Gasteiger partial charge in [-0.25, -0.2) is 0 Å². The van der Waals surface area contributed by atoms with Crippen molar-refractivity contribution in [1.29, 1.82) is 0 Å². The number of aryl methyl sites for hydroxylation is 1. The van der Waals surface area contributed by atoms with Gasteiger partial charge in [0.05, 0.1) is 0 Å². The third kappa shape index (κ3) is 2.97. The number of thiophene rings is 1. The molecular formula is C14H16BrNS. The van der Waals surface area contributed by atoms with Crippen molar-refractivity contribution in [3.8, 4) is 10.4 Å². The van der Waals surface area contributed by atoms with Crippen molar-refractivity contribution < 1.29 is 0 Å². The molecule has 0 saturated heterocycles. The molecule has 0 saturated carbocycles. The first kappa shape index (κ1) is 12.8. The van der Waals surface area contributed by atoms with E-state index < -0.39 is 0 Å². The molecule has 2 rings (SSSR count). The standard InChI is InChI=1S/C14H16BrNS/c1-3-10-8-11(15)4-6-13(10)14-7-5-12(17-14)9-16-2/h4-8,16H,3,9H2,1-2H3. The molecule has 0 aliphatic carbocycles. The summed E-state index contributed by atoms with van der Waals surface area (Å²) in [6.45, 7) is 3.15. The summed E-state index contributed by atoms with van der Waals surface area (Å²) >= 11 is 5.40. The summed E-state index contributed by atoms with van der Waals surface area (Å²) < 4.78 is 1.16. The first-order valence-electron chi connectivity index (χ1n) is 5.76. The number of hydrogen-bond donors (Lipinski definition) is 1. The Hall–Kier alpha value is -0.640. The molecule has 1 heterocycles. The van der Waals surface area contributed by atoms with E-state index in [1.807, 2.05) is 18.4 Å². The van der Waals surface area contributed by atoms with Crippen LogP contribution in [-0.4, -0.2) is 7.05 Å². The van der Waals surface area contributed by atoms with Crippen molar-refractivity contribution in [2.45, 2.75) is 19.9 Å². The Balaban J connectivity index is 2.37. The maximum Gasteiger partial charge on any atom is 0.0348 e. The van der Waals surface area contributed by atoms with Crippen molar-refractivity contribution in [2.75, 3.05) is 7.05 Å². The molecule has 0 bridgehead atoms. The molecule has 0 unspecified atom stereocenters. The summed E-state index contributed by atoms with van der Waals surface area (Å²) in [5.74, 6) is 0. The van der Waals surface area contributed by atoms with Gasteiger partial charge < -0.3 is 5.32 Å². The van der Waals surface area contributed by atoms with Crippen molar-refractivity contribution >= 4 is 27.3 Å². The van der Waals surface area contributed by atoms with E-state index in [2.05, 4.69) is 58.5 Å². The lowest BCUT2D eigenvalue weighted by Gasteiger charge is -2.06. The van der Waals surface area contributed by atoms with Gasteiger partial charge in [0.2, 0.25) is 0 Å². The Morgan fingerprint density at radius 1 is 1.24 bits per heavy atom. The zero-order valence-corrected chi connectivity index (χ0v) is 12.5. The minimum atomic E-state index is 0.947. The largest absolute Gasteiger partial charge is 0.315 e. The average Bonchev–Trinajstić information content (AvgIpc) is 2.78. The van der Waals surface area contributed by atoms with Crippen molar-refractivity contribution in [1.82, 2.24) is 5.32 Å². The Morgan fingerprint density at radius 2 is 2.06 bits per heavy atom. The van der Waals surface area contributed by atoms with Crippen LogP contribution in [0.1, 0.15) is 17.4 Å². The zero-order valence-electron chi connectivity index (χ0n) is 10.1. The summed E-state index contributed by atoms with van der Waals surface area (Å²) in [5, 5.41) is 3.19. The van der Waals surface area contributed by atoms with Crippen molar-refractivity contribution in [2.24, 2.45) is 0 Å². The number of rotatable bonds is 4. The van der Waals surface area contributed by atoms with Crippen LogP contribution in [-0.2, 0) is 13.0 Å². The molecule has 1 aromatic heterocycles. The molecule has 0 aliphatic rings. The molecule has 1 aromatic carbocycles. The van der Waals surface area contributed by atoms with E-state index in [1.165, 1.54) is 20.9 Å². The van der Waals surface area contributed by atoms with Crippen LogP contribution in [0.2, 0.25) is 0 Å². The lowest BCUT2D eigenvalue weighted by molar-refractivity contribution is 0.831. The SMILES string of the molecule is CCc1cc(Br)ccc1-c1ccc(CNC)s1. The van der Waals surface area contributed by atoms with E-state index in [9.17, 15) is 0 Å². The fourth-order valence-electron chi connectivity index (χ4n) is 1.89. The van der Waals surface area contributed by atoms with Crippen LogP contribution in [0.25, 0.3) is 10.4 Å². The van der Waals surface area contributed by atoms with Gasteiger partial charge in [-0.05, 0) is 48.9 Å². The maximum atomic E-state index is 3.53. The van der Waals surface area contributed by atoms with E-state index in [0.717, 1.165) is 17.4 Å². The normalized spacial score (nSPS) is 10.8. The first-order valence-corrected chi connectivity index (χ1v) is 7.37. The van der Waals surface area contributed by atoms with Gasteiger partial charge in [0, 0.05) is 20.8 Å². The van der Waals surface area contributed by atoms with E-state index >= 15 is 0 Å². The highest BCUT2D eigenvalue weighted by molar-refractivity contribution is 9.10. The average molecular weight is 310 g/mol. The van der Waals surface area contributed by atoms with E-state index in [0.29, 0.717) is 0 Å². The minimum Gasteiger partial charge on any atom is -0.315 e. The molecule has 1 N–H and O–H groups in total. The summed E-state index contributed by atoms with van der Waals surface area (Å²) in [4.78, 5) is 2.74. The lowest BCUT2D eigenvalue weighted by atomic mass is 10.0. The molecule has 0 spiro atoms. The summed E-state index contributed by atoms with van der Waals surface area (Å²) in [7, 11) is 1.98. The van der Waals surface area contributed by atoms with Crippen LogP contribution < -0.4 is 5.32 Å².